The van der Waals surface area contributed by atoms with Gasteiger partial charge in [-0.25, -0.2) is 0 Å². The Morgan fingerprint density at radius 1 is 1.38 bits per heavy atom. The van der Waals surface area contributed by atoms with Crippen molar-refractivity contribution in [2.24, 2.45) is 11.3 Å². The molecule has 0 radical (unpaired) electrons. The normalized spacial score (nSPS) is 16.3. The van der Waals surface area contributed by atoms with Gasteiger partial charge in [0.05, 0.1) is 16.7 Å². The third kappa shape index (κ3) is 3.70. The fourth-order valence-electron chi connectivity index (χ4n) is 2.03. The van der Waals surface area contributed by atoms with Gasteiger partial charge in [-0.3, -0.25) is 4.79 Å². The number of carbonyl (C=O) groups is 1. The second-order valence-electron chi connectivity index (χ2n) is 6.85. The van der Waals surface area contributed by atoms with Crippen LogP contribution in [-0.4, -0.2) is 18.4 Å². The lowest BCUT2D eigenvalue weighted by Crippen LogP contribution is -2.13. The molecule has 4 nitrogen and oxygen atoms in total. The monoisotopic (exact) mass is 310 g/mol. The summed E-state index contributed by atoms with van der Waals surface area (Å²) in [5, 5.41) is 4.32. The van der Waals surface area contributed by atoms with Crippen molar-refractivity contribution in [3.63, 3.8) is 0 Å². The van der Waals surface area contributed by atoms with E-state index in [1.165, 1.54) is 24.2 Å². The molecule has 1 aliphatic rings. The predicted molar refractivity (Wildman–Crippen MR) is 89.5 cm³/mol. The number of carbonyl (C=O) groups excluding carboxylic acids is 1. The van der Waals surface area contributed by atoms with Crippen LogP contribution in [0, 0.1) is 11.3 Å². The van der Waals surface area contributed by atoms with Crippen molar-refractivity contribution >= 4 is 27.8 Å². The maximum Gasteiger partial charge on any atom is 0.177 e. The van der Waals surface area contributed by atoms with E-state index in [9.17, 15) is 4.79 Å². The zero-order valence-electron chi connectivity index (χ0n) is 13.6. The van der Waals surface area contributed by atoms with E-state index < -0.39 is 0 Å². The standard InChI is InChI=1S/C16H26N2O2S/c1-9(2)12(19)14-11(17)13(20-10(3)4)15(21-14)18-8-16(5)6-7-16/h9-10,18H,6-8,17H2,1-5H3. The lowest BCUT2D eigenvalue weighted by molar-refractivity contribution is 0.0944. The number of ketones is 1. The Kier molecular flexibility index (Phi) is 4.51. The first-order chi connectivity index (χ1) is 9.73. The summed E-state index contributed by atoms with van der Waals surface area (Å²) in [6.45, 7) is 10.9. The van der Waals surface area contributed by atoms with Gasteiger partial charge in [0.25, 0.3) is 0 Å². The van der Waals surface area contributed by atoms with Gasteiger partial charge < -0.3 is 15.8 Å². The Balaban J connectivity index is 2.27. The van der Waals surface area contributed by atoms with Crippen LogP contribution >= 0.6 is 11.3 Å². The fourth-order valence-corrected chi connectivity index (χ4v) is 3.17. The minimum absolute atomic E-state index is 0.0287. The largest absolute Gasteiger partial charge is 0.486 e. The lowest BCUT2D eigenvalue weighted by Gasteiger charge is -2.14. The number of anilines is 2. The number of hydrogen-bond donors (Lipinski definition) is 2. The molecule has 1 aromatic heterocycles. The summed E-state index contributed by atoms with van der Waals surface area (Å²) in [7, 11) is 0. The molecule has 0 aromatic carbocycles. The Morgan fingerprint density at radius 2 is 2.00 bits per heavy atom. The average Bonchev–Trinajstić information content (AvgIpc) is 3.05. The number of hydrogen-bond acceptors (Lipinski definition) is 5. The highest BCUT2D eigenvalue weighted by Gasteiger charge is 2.37. The van der Waals surface area contributed by atoms with Crippen LogP contribution < -0.4 is 15.8 Å². The van der Waals surface area contributed by atoms with Gasteiger partial charge in [0.1, 0.15) is 5.00 Å². The van der Waals surface area contributed by atoms with Crippen molar-refractivity contribution in [1.29, 1.82) is 0 Å². The van der Waals surface area contributed by atoms with E-state index >= 15 is 0 Å². The molecule has 0 unspecified atom stereocenters. The molecular formula is C16H26N2O2S. The van der Waals surface area contributed by atoms with E-state index in [2.05, 4.69) is 12.2 Å². The molecule has 1 aromatic rings. The number of ether oxygens (including phenoxy) is 1. The molecule has 0 bridgehead atoms. The van der Waals surface area contributed by atoms with Crippen LogP contribution in [0.25, 0.3) is 0 Å². The van der Waals surface area contributed by atoms with Gasteiger partial charge in [-0.2, -0.15) is 0 Å². The number of thiophene rings is 1. The Bertz CT molecular complexity index is 531. The van der Waals surface area contributed by atoms with Crippen molar-refractivity contribution < 1.29 is 9.53 Å². The first-order valence-corrected chi connectivity index (χ1v) is 8.42. The summed E-state index contributed by atoms with van der Waals surface area (Å²) >= 11 is 1.42. The zero-order chi connectivity index (χ0) is 15.8. The predicted octanol–water partition coefficient (Wildman–Crippen LogP) is 4.17. The van der Waals surface area contributed by atoms with Crippen LogP contribution in [0.15, 0.2) is 0 Å². The summed E-state index contributed by atoms with van der Waals surface area (Å²) in [4.78, 5) is 12.9. The third-order valence-corrected chi connectivity index (χ3v) is 4.94. The Labute approximate surface area is 131 Å². The Hall–Kier alpha value is -1.23. The van der Waals surface area contributed by atoms with E-state index in [-0.39, 0.29) is 17.8 Å². The van der Waals surface area contributed by atoms with E-state index in [1.54, 1.807) is 0 Å². The van der Waals surface area contributed by atoms with Crippen LogP contribution in [0.3, 0.4) is 0 Å². The molecule has 1 fully saturated rings. The molecule has 21 heavy (non-hydrogen) atoms. The van der Waals surface area contributed by atoms with Crippen LogP contribution in [-0.2, 0) is 0 Å². The smallest absolute Gasteiger partial charge is 0.177 e. The average molecular weight is 310 g/mol. The molecule has 0 spiro atoms. The highest BCUT2D eigenvalue weighted by atomic mass is 32.1. The van der Waals surface area contributed by atoms with Crippen molar-refractivity contribution in [2.45, 2.75) is 53.6 Å². The number of rotatable bonds is 7. The number of nitrogen functional groups attached to an aromatic ring is 1. The van der Waals surface area contributed by atoms with Gasteiger partial charge in [0.15, 0.2) is 11.5 Å². The fraction of sp³-hybridized carbons (Fsp3) is 0.688. The van der Waals surface area contributed by atoms with Crippen LogP contribution in [0.4, 0.5) is 10.7 Å². The molecule has 0 saturated heterocycles. The highest BCUT2D eigenvalue weighted by molar-refractivity contribution is 7.19. The summed E-state index contributed by atoms with van der Waals surface area (Å²) in [5.74, 6) is 0.659. The van der Waals surface area contributed by atoms with Crippen LogP contribution in [0.2, 0.25) is 0 Å². The van der Waals surface area contributed by atoms with Gasteiger partial charge in [-0.1, -0.05) is 20.8 Å². The van der Waals surface area contributed by atoms with Crippen molar-refractivity contribution in [3.8, 4) is 5.75 Å². The van der Waals surface area contributed by atoms with Gasteiger partial charge in [-0.15, -0.1) is 11.3 Å². The van der Waals surface area contributed by atoms with Crippen LogP contribution in [0.1, 0.15) is 57.1 Å². The second-order valence-corrected chi connectivity index (χ2v) is 7.87. The minimum atomic E-state index is -0.0633. The molecule has 3 N–H and O–H groups in total. The van der Waals surface area contributed by atoms with Gasteiger partial charge >= 0.3 is 0 Å². The quantitative estimate of drug-likeness (QED) is 0.742. The maximum atomic E-state index is 12.3. The molecule has 5 heteroatoms. The highest BCUT2D eigenvalue weighted by Crippen LogP contribution is 2.48. The van der Waals surface area contributed by atoms with Crippen molar-refractivity contribution in [1.82, 2.24) is 0 Å². The number of nitrogens with one attached hydrogen (secondary N) is 1. The molecule has 1 heterocycles. The molecule has 118 valence electrons. The van der Waals surface area contributed by atoms with Gasteiger partial charge in [0.2, 0.25) is 0 Å². The van der Waals surface area contributed by atoms with E-state index in [0.29, 0.717) is 21.7 Å². The van der Waals surface area contributed by atoms with Gasteiger partial charge in [0, 0.05) is 12.5 Å². The number of nitrogens with two attached hydrogens (primary N) is 1. The first-order valence-electron chi connectivity index (χ1n) is 7.60. The Morgan fingerprint density at radius 3 is 2.48 bits per heavy atom. The molecule has 0 aliphatic heterocycles. The van der Waals surface area contributed by atoms with E-state index in [4.69, 9.17) is 10.5 Å². The van der Waals surface area contributed by atoms with E-state index in [1.807, 2.05) is 27.7 Å². The molecule has 0 atom stereocenters. The molecule has 2 rings (SSSR count). The molecule has 1 saturated carbocycles. The first kappa shape index (κ1) is 16.1. The summed E-state index contributed by atoms with van der Waals surface area (Å²) in [6.07, 6.45) is 2.53. The zero-order valence-corrected chi connectivity index (χ0v) is 14.4. The summed E-state index contributed by atoms with van der Waals surface area (Å²) in [6, 6.07) is 0. The minimum Gasteiger partial charge on any atom is -0.486 e. The maximum absolute atomic E-state index is 12.3. The second kappa shape index (κ2) is 5.87. The van der Waals surface area contributed by atoms with Crippen molar-refractivity contribution in [3.05, 3.63) is 4.88 Å². The SMILES string of the molecule is CC(C)Oc1c(NCC2(C)CC2)sc(C(=O)C(C)C)c1N. The third-order valence-electron chi connectivity index (χ3n) is 3.78. The summed E-state index contributed by atoms with van der Waals surface area (Å²) in [5.41, 5.74) is 7.04. The lowest BCUT2D eigenvalue weighted by atomic mass is 10.1. The van der Waals surface area contributed by atoms with Crippen LogP contribution in [0.5, 0.6) is 5.75 Å². The van der Waals surface area contributed by atoms with Gasteiger partial charge in [-0.05, 0) is 32.1 Å². The molecular weight excluding hydrogens is 284 g/mol. The topological polar surface area (TPSA) is 64.3 Å². The van der Waals surface area contributed by atoms with Crippen molar-refractivity contribution in [2.75, 3.05) is 17.6 Å². The molecule has 0 amide bonds. The van der Waals surface area contributed by atoms with E-state index in [0.717, 1.165) is 11.5 Å². The molecule has 1 aliphatic carbocycles. The number of Topliss-reactive ketones (excluding diaryl/α,β-unsaturated/α-hetero) is 1. The summed E-state index contributed by atoms with van der Waals surface area (Å²) < 4.78 is 5.84.